The van der Waals surface area contributed by atoms with E-state index >= 15 is 0 Å². The molecular formula is C12H15N5O. The highest BCUT2D eigenvalue weighted by atomic mass is 16.2. The number of aromatic nitrogens is 4. The molecule has 0 aliphatic carbocycles. The average Bonchev–Trinajstić information content (AvgIpc) is 2.83. The Hall–Kier alpha value is -2.24. The normalized spacial score (nSPS) is 10.3. The highest BCUT2D eigenvalue weighted by Gasteiger charge is 2.14. The summed E-state index contributed by atoms with van der Waals surface area (Å²) >= 11 is 0. The smallest absolute Gasteiger partial charge is 0.275 e. The van der Waals surface area contributed by atoms with Crippen LogP contribution >= 0.6 is 0 Å². The quantitative estimate of drug-likeness (QED) is 0.788. The SMILES string of the molecule is CN(CCc1ccncc1)C(=O)c1cnn(C)n1. The molecule has 1 amide bonds. The van der Waals surface area contributed by atoms with Crippen LogP contribution in [0, 0.1) is 0 Å². The van der Waals surface area contributed by atoms with Gasteiger partial charge >= 0.3 is 0 Å². The molecule has 0 spiro atoms. The van der Waals surface area contributed by atoms with E-state index in [9.17, 15) is 4.79 Å². The van der Waals surface area contributed by atoms with E-state index in [1.807, 2.05) is 12.1 Å². The third-order valence-corrected chi connectivity index (χ3v) is 2.65. The molecule has 6 heteroatoms. The first-order chi connectivity index (χ1) is 8.66. The Kier molecular flexibility index (Phi) is 3.66. The lowest BCUT2D eigenvalue weighted by atomic mass is 10.2. The zero-order valence-electron chi connectivity index (χ0n) is 10.4. The summed E-state index contributed by atoms with van der Waals surface area (Å²) in [6, 6.07) is 3.89. The van der Waals surface area contributed by atoms with Gasteiger partial charge in [0.15, 0.2) is 5.69 Å². The standard InChI is InChI=1S/C12H15N5O/c1-16(8-5-10-3-6-13-7-4-10)12(18)11-9-14-17(2)15-11/h3-4,6-7,9H,5,8H2,1-2H3. The van der Waals surface area contributed by atoms with Crippen molar-refractivity contribution >= 4 is 5.91 Å². The van der Waals surface area contributed by atoms with Gasteiger partial charge in [0.05, 0.1) is 6.20 Å². The summed E-state index contributed by atoms with van der Waals surface area (Å²) in [6.07, 6.45) is 5.77. The van der Waals surface area contributed by atoms with Crippen LogP contribution in [0.4, 0.5) is 0 Å². The summed E-state index contributed by atoms with van der Waals surface area (Å²) in [5.74, 6) is -0.114. The molecule has 2 heterocycles. The van der Waals surface area contributed by atoms with Gasteiger partial charge in [0.1, 0.15) is 0 Å². The Morgan fingerprint density at radius 3 is 2.72 bits per heavy atom. The largest absolute Gasteiger partial charge is 0.340 e. The summed E-state index contributed by atoms with van der Waals surface area (Å²) in [6.45, 7) is 0.638. The number of nitrogens with zero attached hydrogens (tertiary/aromatic N) is 5. The zero-order valence-corrected chi connectivity index (χ0v) is 10.4. The molecule has 0 bridgehead atoms. The number of hydrogen-bond donors (Lipinski definition) is 0. The van der Waals surface area contributed by atoms with Crippen LogP contribution in [0.15, 0.2) is 30.7 Å². The molecule has 0 aliphatic rings. The maximum absolute atomic E-state index is 12.0. The van der Waals surface area contributed by atoms with E-state index in [1.54, 1.807) is 31.4 Å². The van der Waals surface area contributed by atoms with Crippen molar-refractivity contribution in [2.75, 3.05) is 13.6 Å². The number of amides is 1. The Labute approximate surface area is 105 Å². The maximum Gasteiger partial charge on any atom is 0.275 e. The van der Waals surface area contributed by atoms with E-state index in [0.29, 0.717) is 12.2 Å². The summed E-state index contributed by atoms with van der Waals surface area (Å²) in [4.78, 5) is 19.0. The summed E-state index contributed by atoms with van der Waals surface area (Å²) < 4.78 is 0. The lowest BCUT2D eigenvalue weighted by molar-refractivity contribution is 0.0790. The second-order valence-electron chi connectivity index (χ2n) is 4.05. The van der Waals surface area contributed by atoms with Crippen molar-refractivity contribution in [3.63, 3.8) is 0 Å². The van der Waals surface area contributed by atoms with E-state index < -0.39 is 0 Å². The third-order valence-electron chi connectivity index (χ3n) is 2.65. The second kappa shape index (κ2) is 5.39. The van der Waals surface area contributed by atoms with Gasteiger partial charge in [0, 0.05) is 33.0 Å². The number of pyridine rings is 1. The van der Waals surface area contributed by atoms with E-state index in [-0.39, 0.29) is 5.91 Å². The first-order valence-electron chi connectivity index (χ1n) is 5.67. The Morgan fingerprint density at radius 1 is 1.39 bits per heavy atom. The molecule has 0 aromatic carbocycles. The van der Waals surface area contributed by atoms with Crippen molar-refractivity contribution in [3.05, 3.63) is 42.0 Å². The monoisotopic (exact) mass is 245 g/mol. The number of likely N-dealkylation sites (N-methyl/N-ethyl adjacent to an activating group) is 1. The van der Waals surface area contributed by atoms with E-state index in [2.05, 4.69) is 15.2 Å². The van der Waals surface area contributed by atoms with Gasteiger partial charge < -0.3 is 4.90 Å². The van der Waals surface area contributed by atoms with E-state index in [4.69, 9.17) is 0 Å². The Balaban J connectivity index is 1.92. The molecule has 6 nitrogen and oxygen atoms in total. The number of rotatable bonds is 4. The fourth-order valence-electron chi connectivity index (χ4n) is 1.59. The minimum atomic E-state index is -0.114. The third kappa shape index (κ3) is 2.91. The van der Waals surface area contributed by atoms with Gasteiger partial charge in [0.25, 0.3) is 5.91 Å². The Bertz CT molecular complexity index is 522. The topological polar surface area (TPSA) is 63.9 Å². The van der Waals surface area contributed by atoms with Crippen molar-refractivity contribution in [2.45, 2.75) is 6.42 Å². The zero-order chi connectivity index (χ0) is 13.0. The van der Waals surface area contributed by atoms with Crippen molar-refractivity contribution in [3.8, 4) is 0 Å². The first-order valence-corrected chi connectivity index (χ1v) is 5.67. The van der Waals surface area contributed by atoms with Crippen molar-refractivity contribution in [1.82, 2.24) is 24.9 Å². The molecule has 18 heavy (non-hydrogen) atoms. The predicted molar refractivity (Wildman–Crippen MR) is 65.9 cm³/mol. The van der Waals surface area contributed by atoms with Gasteiger partial charge in [-0.1, -0.05) is 0 Å². The van der Waals surface area contributed by atoms with Crippen molar-refractivity contribution in [1.29, 1.82) is 0 Å². The van der Waals surface area contributed by atoms with Crippen molar-refractivity contribution < 1.29 is 4.79 Å². The van der Waals surface area contributed by atoms with Gasteiger partial charge in [-0.15, -0.1) is 5.10 Å². The molecule has 0 saturated heterocycles. The maximum atomic E-state index is 12.0. The highest BCUT2D eigenvalue weighted by Crippen LogP contribution is 2.02. The molecule has 94 valence electrons. The van der Waals surface area contributed by atoms with Crippen LogP contribution < -0.4 is 0 Å². The molecule has 0 fully saturated rings. The number of carbonyl (C=O) groups is 1. The average molecular weight is 245 g/mol. The molecule has 2 rings (SSSR count). The van der Waals surface area contributed by atoms with Gasteiger partial charge in [0.2, 0.25) is 0 Å². The van der Waals surface area contributed by atoms with E-state index in [1.165, 1.54) is 11.0 Å². The summed E-state index contributed by atoms with van der Waals surface area (Å²) in [5.41, 5.74) is 1.53. The molecular weight excluding hydrogens is 230 g/mol. The summed E-state index contributed by atoms with van der Waals surface area (Å²) in [7, 11) is 3.45. The van der Waals surface area contributed by atoms with Gasteiger partial charge in [-0.2, -0.15) is 9.90 Å². The van der Waals surface area contributed by atoms with Crippen LogP contribution in [0.2, 0.25) is 0 Å². The number of carbonyl (C=O) groups excluding carboxylic acids is 1. The van der Waals surface area contributed by atoms with Gasteiger partial charge in [-0.05, 0) is 24.1 Å². The van der Waals surface area contributed by atoms with E-state index in [0.717, 1.165) is 12.0 Å². The number of aryl methyl sites for hydroxylation is 1. The Morgan fingerprint density at radius 2 is 2.11 bits per heavy atom. The van der Waals surface area contributed by atoms with Crippen LogP contribution in [-0.4, -0.2) is 44.4 Å². The predicted octanol–water partition coefficient (Wildman–Crippen LogP) is 0.525. The highest BCUT2D eigenvalue weighted by molar-refractivity contribution is 5.91. The van der Waals surface area contributed by atoms with Gasteiger partial charge in [-0.25, -0.2) is 0 Å². The first kappa shape index (κ1) is 12.2. The molecule has 0 radical (unpaired) electrons. The van der Waals surface area contributed by atoms with Crippen LogP contribution in [0.1, 0.15) is 16.1 Å². The summed E-state index contributed by atoms with van der Waals surface area (Å²) in [5, 5.41) is 7.88. The second-order valence-corrected chi connectivity index (χ2v) is 4.05. The molecule has 0 unspecified atom stereocenters. The van der Waals surface area contributed by atoms with Crippen molar-refractivity contribution in [2.24, 2.45) is 7.05 Å². The molecule has 0 atom stereocenters. The fraction of sp³-hybridized carbons (Fsp3) is 0.333. The van der Waals surface area contributed by atoms with Crippen LogP contribution in [0.3, 0.4) is 0 Å². The van der Waals surface area contributed by atoms with Gasteiger partial charge in [-0.3, -0.25) is 9.78 Å². The van der Waals surface area contributed by atoms with Crippen LogP contribution in [0.25, 0.3) is 0 Å². The minimum absolute atomic E-state index is 0.114. The molecule has 0 aliphatic heterocycles. The minimum Gasteiger partial charge on any atom is -0.340 e. The molecule has 0 saturated carbocycles. The van der Waals surface area contributed by atoms with Crippen LogP contribution in [-0.2, 0) is 13.5 Å². The fourth-order valence-corrected chi connectivity index (χ4v) is 1.59. The molecule has 2 aromatic heterocycles. The number of hydrogen-bond acceptors (Lipinski definition) is 4. The lowest BCUT2D eigenvalue weighted by Crippen LogP contribution is -2.29. The molecule has 0 N–H and O–H groups in total. The van der Waals surface area contributed by atoms with Crippen LogP contribution in [0.5, 0.6) is 0 Å². The lowest BCUT2D eigenvalue weighted by Gasteiger charge is -2.15. The molecule has 2 aromatic rings.